The highest BCUT2D eigenvalue weighted by molar-refractivity contribution is 5.68. The predicted molar refractivity (Wildman–Crippen MR) is 61.3 cm³/mol. The first-order chi connectivity index (χ1) is 7.74. The second-order valence-corrected chi connectivity index (χ2v) is 3.13. The van der Waals surface area contributed by atoms with Gasteiger partial charge in [0.2, 0.25) is 6.08 Å². The maximum absolute atomic E-state index is 10.4. The average molecular weight is 221 g/mol. The van der Waals surface area contributed by atoms with Gasteiger partial charge in [-0.1, -0.05) is 6.07 Å². The molecule has 1 rings (SSSR count). The van der Waals surface area contributed by atoms with Gasteiger partial charge in [0.05, 0.1) is 13.2 Å². The highest BCUT2D eigenvalue weighted by Crippen LogP contribution is 2.39. The van der Waals surface area contributed by atoms with Crippen LogP contribution in [0.5, 0.6) is 11.5 Å². The summed E-state index contributed by atoms with van der Waals surface area (Å²) in [4.78, 5) is 14.0. The molecule has 86 valence electrons. The third-order valence-corrected chi connectivity index (χ3v) is 2.04. The van der Waals surface area contributed by atoms with E-state index < -0.39 is 0 Å². The van der Waals surface area contributed by atoms with Gasteiger partial charge in [0, 0.05) is 0 Å². The topological polar surface area (TPSA) is 47.9 Å². The number of rotatable bonds is 5. The van der Waals surface area contributed by atoms with E-state index in [1.165, 1.54) is 6.08 Å². The van der Waals surface area contributed by atoms with Gasteiger partial charge in [-0.3, -0.25) is 0 Å². The fourth-order valence-corrected chi connectivity index (χ4v) is 1.40. The van der Waals surface area contributed by atoms with Crippen molar-refractivity contribution in [3.63, 3.8) is 0 Å². The van der Waals surface area contributed by atoms with Crippen LogP contribution in [0.15, 0.2) is 17.1 Å². The molecular formula is C12H15NO3. The average Bonchev–Trinajstić information content (AvgIpc) is 2.27. The molecule has 0 aliphatic rings. The molecule has 0 saturated heterocycles. The first-order valence-electron chi connectivity index (χ1n) is 5.21. The Balaban J connectivity index is 3.30. The smallest absolute Gasteiger partial charge is 0.240 e. The second kappa shape index (κ2) is 5.93. The Bertz CT molecular complexity index is 409. The Kier molecular flexibility index (Phi) is 4.55. The predicted octanol–water partition coefficient (Wildman–Crippen LogP) is 2.76. The Labute approximate surface area is 94.9 Å². The molecule has 0 aliphatic carbocycles. The monoisotopic (exact) mass is 221 g/mol. The lowest BCUT2D eigenvalue weighted by Crippen LogP contribution is -1.98. The summed E-state index contributed by atoms with van der Waals surface area (Å²) in [6.07, 6.45) is 1.52. The van der Waals surface area contributed by atoms with E-state index in [-0.39, 0.29) is 0 Å². The Hall–Kier alpha value is -1.80. The van der Waals surface area contributed by atoms with Crippen molar-refractivity contribution in [3.05, 3.63) is 17.7 Å². The van der Waals surface area contributed by atoms with Crippen molar-refractivity contribution in [2.24, 2.45) is 4.99 Å². The van der Waals surface area contributed by atoms with Gasteiger partial charge in [-0.05, 0) is 32.4 Å². The van der Waals surface area contributed by atoms with Crippen LogP contribution in [0.2, 0.25) is 0 Å². The Morgan fingerprint density at radius 2 is 1.94 bits per heavy atom. The second-order valence-electron chi connectivity index (χ2n) is 3.13. The highest BCUT2D eigenvalue weighted by atomic mass is 16.5. The van der Waals surface area contributed by atoms with Crippen molar-refractivity contribution < 1.29 is 14.3 Å². The summed E-state index contributed by atoms with van der Waals surface area (Å²) in [6.45, 7) is 6.66. The third kappa shape index (κ3) is 2.61. The molecule has 0 atom stereocenters. The van der Waals surface area contributed by atoms with Crippen LogP contribution in [-0.2, 0) is 4.79 Å². The molecule has 0 saturated carbocycles. The molecule has 16 heavy (non-hydrogen) atoms. The molecule has 0 amide bonds. The minimum absolute atomic E-state index is 0.415. The maximum atomic E-state index is 10.4. The minimum Gasteiger partial charge on any atom is -0.491 e. The van der Waals surface area contributed by atoms with Crippen LogP contribution in [0, 0.1) is 6.92 Å². The summed E-state index contributed by atoms with van der Waals surface area (Å²) in [5.74, 6) is 1.12. The zero-order valence-corrected chi connectivity index (χ0v) is 9.74. The van der Waals surface area contributed by atoms with Crippen LogP contribution >= 0.6 is 0 Å². The number of hydrogen-bond donors (Lipinski definition) is 0. The van der Waals surface area contributed by atoms with Crippen LogP contribution in [0.3, 0.4) is 0 Å². The van der Waals surface area contributed by atoms with Gasteiger partial charge in [-0.25, -0.2) is 4.79 Å². The summed E-state index contributed by atoms with van der Waals surface area (Å²) >= 11 is 0. The molecule has 0 N–H and O–H groups in total. The molecule has 0 aromatic heterocycles. The minimum atomic E-state index is 0.415. The zero-order valence-electron chi connectivity index (χ0n) is 9.74. The van der Waals surface area contributed by atoms with Crippen LogP contribution in [0.4, 0.5) is 5.69 Å². The Morgan fingerprint density at radius 3 is 2.50 bits per heavy atom. The van der Waals surface area contributed by atoms with Crippen molar-refractivity contribution in [3.8, 4) is 11.5 Å². The Morgan fingerprint density at radius 1 is 1.25 bits per heavy atom. The van der Waals surface area contributed by atoms with Gasteiger partial charge in [-0.15, -0.1) is 0 Å². The fraction of sp³-hybridized carbons (Fsp3) is 0.417. The van der Waals surface area contributed by atoms with Crippen LogP contribution in [-0.4, -0.2) is 19.3 Å². The van der Waals surface area contributed by atoms with Gasteiger partial charge in [-0.2, -0.15) is 4.99 Å². The van der Waals surface area contributed by atoms with Gasteiger partial charge in [0.25, 0.3) is 0 Å². The molecule has 4 nitrogen and oxygen atoms in total. The van der Waals surface area contributed by atoms with Crippen LogP contribution in [0.25, 0.3) is 0 Å². The number of hydrogen-bond acceptors (Lipinski definition) is 4. The van der Waals surface area contributed by atoms with E-state index in [9.17, 15) is 4.79 Å². The van der Waals surface area contributed by atoms with E-state index in [2.05, 4.69) is 4.99 Å². The SMILES string of the molecule is CCOc1ccc(C)c(OCC)c1N=C=O. The molecule has 0 unspecified atom stereocenters. The quantitative estimate of drug-likeness (QED) is 0.567. The van der Waals surface area contributed by atoms with Crippen molar-refractivity contribution in [2.75, 3.05) is 13.2 Å². The maximum Gasteiger partial charge on any atom is 0.240 e. The van der Waals surface area contributed by atoms with Crippen LogP contribution < -0.4 is 9.47 Å². The van der Waals surface area contributed by atoms with Gasteiger partial charge in [0.15, 0.2) is 11.4 Å². The summed E-state index contributed by atoms with van der Waals surface area (Å²) in [7, 11) is 0. The number of aliphatic imine (C=N–C) groups is 1. The summed E-state index contributed by atoms with van der Waals surface area (Å²) in [6, 6.07) is 3.65. The van der Waals surface area contributed by atoms with Crippen molar-refractivity contribution >= 4 is 11.8 Å². The molecule has 0 spiro atoms. The normalized spacial score (nSPS) is 9.44. The number of aryl methyl sites for hydroxylation is 1. The van der Waals surface area contributed by atoms with E-state index in [4.69, 9.17) is 9.47 Å². The molecule has 0 bridgehead atoms. The lowest BCUT2D eigenvalue weighted by atomic mass is 10.2. The van der Waals surface area contributed by atoms with Gasteiger partial charge in [0.1, 0.15) is 5.75 Å². The van der Waals surface area contributed by atoms with E-state index in [0.29, 0.717) is 30.4 Å². The highest BCUT2D eigenvalue weighted by Gasteiger charge is 2.12. The summed E-state index contributed by atoms with van der Waals surface area (Å²) < 4.78 is 10.8. The van der Waals surface area contributed by atoms with Crippen molar-refractivity contribution in [2.45, 2.75) is 20.8 Å². The molecule has 0 aliphatic heterocycles. The van der Waals surface area contributed by atoms with Gasteiger partial charge < -0.3 is 9.47 Å². The van der Waals surface area contributed by atoms with Crippen molar-refractivity contribution in [1.29, 1.82) is 0 Å². The first-order valence-corrected chi connectivity index (χ1v) is 5.21. The summed E-state index contributed by atoms with van der Waals surface area (Å²) in [5, 5.41) is 0. The first kappa shape index (κ1) is 12.3. The number of carbonyl (C=O) groups excluding carboxylic acids is 1. The molecular weight excluding hydrogens is 206 g/mol. The molecule has 0 radical (unpaired) electrons. The van der Waals surface area contributed by atoms with E-state index >= 15 is 0 Å². The zero-order chi connectivity index (χ0) is 12.0. The number of benzene rings is 1. The summed E-state index contributed by atoms with van der Waals surface area (Å²) in [5.41, 5.74) is 1.33. The number of isocyanates is 1. The van der Waals surface area contributed by atoms with E-state index in [0.717, 1.165) is 5.56 Å². The van der Waals surface area contributed by atoms with Crippen molar-refractivity contribution in [1.82, 2.24) is 0 Å². The number of ether oxygens (including phenoxy) is 2. The molecule has 1 aromatic rings. The molecule has 4 heteroatoms. The molecule has 1 aromatic carbocycles. The van der Waals surface area contributed by atoms with E-state index in [1.807, 2.05) is 26.8 Å². The standard InChI is InChI=1S/C12H15NO3/c1-4-15-10-7-6-9(3)12(16-5-2)11(10)13-8-14/h6-7H,4-5H2,1-3H3. The van der Waals surface area contributed by atoms with Crippen LogP contribution in [0.1, 0.15) is 19.4 Å². The number of nitrogens with zero attached hydrogens (tertiary/aromatic N) is 1. The lowest BCUT2D eigenvalue weighted by Gasteiger charge is -2.13. The van der Waals surface area contributed by atoms with E-state index in [1.54, 1.807) is 6.07 Å². The molecule has 0 heterocycles. The fourth-order valence-electron chi connectivity index (χ4n) is 1.40. The lowest BCUT2D eigenvalue weighted by molar-refractivity contribution is 0.324. The molecule has 0 fully saturated rings. The van der Waals surface area contributed by atoms with Gasteiger partial charge >= 0.3 is 0 Å². The largest absolute Gasteiger partial charge is 0.491 e. The third-order valence-electron chi connectivity index (χ3n) is 2.04.